The highest BCUT2D eigenvalue weighted by Crippen LogP contribution is 2.30. The molecule has 0 spiro atoms. The topological polar surface area (TPSA) is 64.3 Å². The first kappa shape index (κ1) is 23.1. The number of benzene rings is 3. The van der Waals surface area contributed by atoms with Crippen LogP contribution in [0.4, 0.5) is 0 Å². The van der Waals surface area contributed by atoms with Gasteiger partial charge in [0.05, 0.1) is 13.2 Å². The van der Waals surface area contributed by atoms with Crippen molar-refractivity contribution in [3.05, 3.63) is 90.0 Å². The Balaban J connectivity index is 1.56. The molecule has 0 saturated heterocycles. The summed E-state index contributed by atoms with van der Waals surface area (Å²) in [5.74, 6) is 1.65. The third-order valence-corrected chi connectivity index (χ3v) is 6.86. The predicted octanol–water partition coefficient (Wildman–Crippen LogP) is 5.53. The maximum Gasteiger partial charge on any atom is 0.223 e. The van der Waals surface area contributed by atoms with Crippen molar-refractivity contribution in [3.8, 4) is 16.9 Å². The van der Waals surface area contributed by atoms with Crippen molar-refractivity contribution in [2.75, 3.05) is 13.7 Å². The van der Waals surface area contributed by atoms with Crippen molar-refractivity contribution < 1.29 is 9.53 Å². The Morgan fingerprint density at radius 3 is 2.33 bits per heavy atom. The van der Waals surface area contributed by atoms with Crippen LogP contribution in [0, 0.1) is 11.8 Å². The molecule has 172 valence electrons. The Labute approximate surface area is 197 Å². The van der Waals surface area contributed by atoms with Crippen LogP contribution in [0.25, 0.3) is 11.1 Å². The van der Waals surface area contributed by atoms with Gasteiger partial charge in [0.25, 0.3) is 0 Å². The van der Waals surface area contributed by atoms with Gasteiger partial charge in [-0.3, -0.25) is 4.79 Å². The standard InChI is InChI=1S/C29H34N2O2/c1-33-27-16-14-23(15-17-27)25-8-5-9-26(19-25)28(18-21-6-3-2-4-7-21)31-29(32)24-12-10-22(20-30)11-13-24/h2-9,14-17,19,22,24,28H,10-13,18,20,30H2,1H3,(H,31,32). The fourth-order valence-corrected chi connectivity index (χ4v) is 4.77. The summed E-state index contributed by atoms with van der Waals surface area (Å²) in [6.45, 7) is 0.725. The van der Waals surface area contributed by atoms with E-state index in [9.17, 15) is 4.79 Å². The molecule has 4 rings (SSSR count). The van der Waals surface area contributed by atoms with Crippen molar-refractivity contribution in [2.45, 2.75) is 38.1 Å². The zero-order valence-electron chi connectivity index (χ0n) is 19.4. The number of carbonyl (C=O) groups is 1. The number of hydrogen-bond donors (Lipinski definition) is 2. The van der Waals surface area contributed by atoms with E-state index in [0.29, 0.717) is 5.92 Å². The number of rotatable bonds is 8. The fourth-order valence-electron chi connectivity index (χ4n) is 4.77. The Bertz CT molecular complexity index is 1030. The van der Waals surface area contributed by atoms with Crippen LogP contribution in [0.15, 0.2) is 78.9 Å². The molecule has 3 aromatic rings. The van der Waals surface area contributed by atoms with Crippen LogP contribution >= 0.6 is 0 Å². The van der Waals surface area contributed by atoms with Gasteiger partial charge in [-0.2, -0.15) is 0 Å². The van der Waals surface area contributed by atoms with E-state index in [1.807, 2.05) is 18.2 Å². The third kappa shape index (κ3) is 6.02. The molecule has 1 amide bonds. The Morgan fingerprint density at radius 2 is 1.67 bits per heavy atom. The number of nitrogens with one attached hydrogen (secondary N) is 1. The van der Waals surface area contributed by atoms with E-state index in [1.54, 1.807) is 7.11 Å². The molecule has 3 aromatic carbocycles. The largest absolute Gasteiger partial charge is 0.497 e. The van der Waals surface area contributed by atoms with E-state index in [2.05, 4.69) is 66.0 Å². The number of methoxy groups -OCH3 is 1. The summed E-state index contributed by atoms with van der Waals surface area (Å²) < 4.78 is 5.29. The van der Waals surface area contributed by atoms with Gasteiger partial charge in [-0.05, 0) is 85.0 Å². The molecule has 33 heavy (non-hydrogen) atoms. The Kier molecular flexibility index (Phi) is 7.79. The molecule has 1 unspecified atom stereocenters. The number of hydrogen-bond acceptors (Lipinski definition) is 3. The molecule has 1 atom stereocenters. The fraction of sp³-hybridized carbons (Fsp3) is 0.345. The normalized spacial score (nSPS) is 19.0. The van der Waals surface area contributed by atoms with E-state index in [4.69, 9.17) is 10.5 Å². The minimum Gasteiger partial charge on any atom is -0.497 e. The SMILES string of the molecule is COc1ccc(-c2cccc(C(Cc3ccccc3)NC(=O)C3CCC(CN)CC3)c2)cc1. The van der Waals surface area contributed by atoms with Gasteiger partial charge in [0.1, 0.15) is 5.75 Å². The van der Waals surface area contributed by atoms with Crippen molar-refractivity contribution in [3.63, 3.8) is 0 Å². The predicted molar refractivity (Wildman–Crippen MR) is 134 cm³/mol. The molecule has 1 fully saturated rings. The molecule has 0 aliphatic heterocycles. The van der Waals surface area contributed by atoms with Gasteiger partial charge < -0.3 is 15.8 Å². The van der Waals surface area contributed by atoms with Crippen LogP contribution in [-0.2, 0) is 11.2 Å². The summed E-state index contributed by atoms with van der Waals surface area (Å²) in [5.41, 5.74) is 10.4. The number of nitrogens with two attached hydrogens (primary N) is 1. The van der Waals surface area contributed by atoms with Gasteiger partial charge in [0.2, 0.25) is 5.91 Å². The molecule has 4 nitrogen and oxygen atoms in total. The van der Waals surface area contributed by atoms with E-state index in [1.165, 1.54) is 5.56 Å². The lowest BCUT2D eigenvalue weighted by molar-refractivity contribution is -0.127. The van der Waals surface area contributed by atoms with Gasteiger partial charge in [0.15, 0.2) is 0 Å². The number of ether oxygens (including phenoxy) is 1. The second-order valence-electron chi connectivity index (χ2n) is 9.06. The van der Waals surface area contributed by atoms with Gasteiger partial charge >= 0.3 is 0 Å². The molecule has 0 bridgehead atoms. The van der Waals surface area contributed by atoms with E-state index < -0.39 is 0 Å². The minimum absolute atomic E-state index is 0.0784. The summed E-state index contributed by atoms with van der Waals surface area (Å²) >= 11 is 0. The lowest BCUT2D eigenvalue weighted by Gasteiger charge is -2.29. The van der Waals surface area contributed by atoms with Crippen LogP contribution in [0.3, 0.4) is 0 Å². The molecule has 0 aromatic heterocycles. The first-order valence-corrected chi connectivity index (χ1v) is 11.9. The second kappa shape index (κ2) is 11.2. The van der Waals surface area contributed by atoms with Crippen LogP contribution in [0.1, 0.15) is 42.9 Å². The summed E-state index contributed by atoms with van der Waals surface area (Å²) in [7, 11) is 1.68. The summed E-state index contributed by atoms with van der Waals surface area (Å²) in [6.07, 6.45) is 4.71. The van der Waals surface area contributed by atoms with Crippen molar-refractivity contribution in [1.29, 1.82) is 0 Å². The average Bonchev–Trinajstić information content (AvgIpc) is 2.89. The Morgan fingerprint density at radius 1 is 0.939 bits per heavy atom. The van der Waals surface area contributed by atoms with Crippen molar-refractivity contribution in [1.82, 2.24) is 5.32 Å². The van der Waals surface area contributed by atoms with Crippen molar-refractivity contribution in [2.24, 2.45) is 17.6 Å². The van der Waals surface area contributed by atoms with Gasteiger partial charge in [-0.25, -0.2) is 0 Å². The first-order chi connectivity index (χ1) is 16.2. The lowest BCUT2D eigenvalue weighted by atomic mass is 9.81. The molecule has 4 heteroatoms. The molecule has 3 N–H and O–H groups in total. The van der Waals surface area contributed by atoms with E-state index >= 15 is 0 Å². The monoisotopic (exact) mass is 442 g/mol. The first-order valence-electron chi connectivity index (χ1n) is 11.9. The Hall–Kier alpha value is -3.11. The van der Waals surface area contributed by atoms with Crippen LogP contribution in [-0.4, -0.2) is 19.6 Å². The summed E-state index contributed by atoms with van der Waals surface area (Å²) in [6, 6.07) is 26.9. The van der Waals surface area contributed by atoms with Crippen molar-refractivity contribution >= 4 is 5.91 Å². The molecule has 0 radical (unpaired) electrons. The molecule has 1 aliphatic carbocycles. The molecule has 1 saturated carbocycles. The molecular formula is C29H34N2O2. The maximum absolute atomic E-state index is 13.2. The minimum atomic E-state index is -0.0784. The molecule has 0 heterocycles. The van der Waals surface area contributed by atoms with Crippen LogP contribution in [0.5, 0.6) is 5.75 Å². The quantitative estimate of drug-likeness (QED) is 0.482. The third-order valence-electron chi connectivity index (χ3n) is 6.86. The summed E-state index contributed by atoms with van der Waals surface area (Å²) in [5, 5.41) is 3.39. The number of carbonyl (C=O) groups excluding carboxylic acids is 1. The zero-order valence-corrected chi connectivity index (χ0v) is 19.4. The smallest absolute Gasteiger partial charge is 0.223 e. The second-order valence-corrected chi connectivity index (χ2v) is 9.06. The lowest BCUT2D eigenvalue weighted by Crippen LogP contribution is -2.37. The number of amides is 1. The van der Waals surface area contributed by atoms with Crippen LogP contribution < -0.4 is 15.8 Å². The average molecular weight is 443 g/mol. The maximum atomic E-state index is 13.2. The molecule has 1 aliphatic rings. The van der Waals surface area contributed by atoms with Gasteiger partial charge in [-0.15, -0.1) is 0 Å². The van der Waals surface area contributed by atoms with Gasteiger partial charge in [-0.1, -0.05) is 60.7 Å². The van der Waals surface area contributed by atoms with E-state index in [-0.39, 0.29) is 17.9 Å². The van der Waals surface area contributed by atoms with Crippen LogP contribution in [0.2, 0.25) is 0 Å². The highest BCUT2D eigenvalue weighted by molar-refractivity contribution is 5.79. The highest BCUT2D eigenvalue weighted by Gasteiger charge is 2.27. The zero-order chi connectivity index (χ0) is 23.0. The molecular weight excluding hydrogens is 408 g/mol. The van der Waals surface area contributed by atoms with E-state index in [0.717, 1.165) is 61.1 Å². The summed E-state index contributed by atoms with van der Waals surface area (Å²) in [4.78, 5) is 13.2. The highest BCUT2D eigenvalue weighted by atomic mass is 16.5. The van der Waals surface area contributed by atoms with Gasteiger partial charge in [0, 0.05) is 5.92 Å².